The van der Waals surface area contributed by atoms with E-state index in [1.165, 1.54) is 12.3 Å². The molecule has 0 atom stereocenters. The van der Waals surface area contributed by atoms with Gasteiger partial charge < -0.3 is 16.8 Å². The van der Waals surface area contributed by atoms with Crippen molar-refractivity contribution in [3.8, 4) is 0 Å². The monoisotopic (exact) mass is 320 g/mol. The highest BCUT2D eigenvalue weighted by Gasteiger charge is 2.09. The minimum absolute atomic E-state index is 0.255. The van der Waals surface area contributed by atoms with Gasteiger partial charge in [0.2, 0.25) is 0 Å². The van der Waals surface area contributed by atoms with Crippen molar-refractivity contribution in [2.75, 3.05) is 11.1 Å². The fraction of sp³-hybridized carbons (Fsp3) is 0.0769. The molecule has 0 spiro atoms. The number of nitrogens with one attached hydrogen (secondary N) is 1. The lowest BCUT2D eigenvalue weighted by molar-refractivity contribution is 0.100. The first-order valence-corrected chi connectivity index (χ1v) is 6.36. The minimum Gasteiger partial charge on any atom is -0.397 e. The molecule has 0 fully saturated rings. The van der Waals surface area contributed by atoms with Gasteiger partial charge in [0.25, 0.3) is 5.91 Å². The van der Waals surface area contributed by atoms with Crippen LogP contribution < -0.4 is 16.8 Å². The van der Waals surface area contributed by atoms with Crippen LogP contribution in [0.15, 0.2) is 34.9 Å². The fourth-order valence-electron chi connectivity index (χ4n) is 1.63. The number of hydrogen-bond donors (Lipinski definition) is 3. The van der Waals surface area contributed by atoms with Crippen LogP contribution in [0.1, 0.15) is 15.9 Å². The standard InChI is InChI=1S/C13H13BrN4O/c1-7-9(14)3-2-4-11(7)18-12-5-8(13(16)19)10(15)6-17-12/h2-6H,15H2,1H3,(H2,16,19)(H,17,18). The van der Waals surface area contributed by atoms with Crippen LogP contribution in [0.3, 0.4) is 0 Å². The molecule has 5 N–H and O–H groups in total. The van der Waals surface area contributed by atoms with Crippen molar-refractivity contribution in [1.29, 1.82) is 0 Å². The van der Waals surface area contributed by atoms with E-state index in [9.17, 15) is 4.79 Å². The zero-order chi connectivity index (χ0) is 14.0. The van der Waals surface area contributed by atoms with Crippen molar-refractivity contribution in [3.05, 3.63) is 46.1 Å². The van der Waals surface area contributed by atoms with Gasteiger partial charge in [0.1, 0.15) is 5.82 Å². The number of nitrogens with zero attached hydrogens (tertiary/aromatic N) is 1. The van der Waals surface area contributed by atoms with Crippen LogP contribution in [0.5, 0.6) is 0 Å². The van der Waals surface area contributed by atoms with E-state index in [1.807, 2.05) is 25.1 Å². The van der Waals surface area contributed by atoms with Crippen LogP contribution in [-0.4, -0.2) is 10.9 Å². The molecule has 1 aromatic heterocycles. The molecule has 0 unspecified atom stereocenters. The Morgan fingerprint density at radius 1 is 1.42 bits per heavy atom. The molecule has 0 aliphatic rings. The summed E-state index contributed by atoms with van der Waals surface area (Å²) in [6.07, 6.45) is 1.41. The number of anilines is 3. The topological polar surface area (TPSA) is 94.0 Å². The molecule has 2 aromatic rings. The van der Waals surface area contributed by atoms with Gasteiger partial charge in [-0.3, -0.25) is 4.79 Å². The number of benzene rings is 1. The Labute approximate surface area is 119 Å². The molecule has 0 aliphatic carbocycles. The molecule has 0 aliphatic heterocycles. The van der Waals surface area contributed by atoms with E-state index in [1.54, 1.807) is 0 Å². The SMILES string of the molecule is Cc1c(Br)cccc1Nc1cc(C(N)=O)c(N)cn1. The number of aromatic nitrogens is 1. The number of carbonyl (C=O) groups is 1. The predicted octanol–water partition coefficient (Wildman–Crippen LogP) is 2.58. The summed E-state index contributed by atoms with van der Waals surface area (Å²) in [5.74, 6) is -0.0573. The Morgan fingerprint density at radius 2 is 2.16 bits per heavy atom. The van der Waals surface area contributed by atoms with Crippen LogP contribution in [0.25, 0.3) is 0 Å². The quantitative estimate of drug-likeness (QED) is 0.810. The number of carbonyl (C=O) groups excluding carboxylic acids is 1. The van der Waals surface area contributed by atoms with E-state index in [4.69, 9.17) is 11.5 Å². The number of amides is 1. The molecule has 0 saturated heterocycles. The average molecular weight is 321 g/mol. The number of nitrogen functional groups attached to an aromatic ring is 1. The Kier molecular flexibility index (Phi) is 3.71. The summed E-state index contributed by atoms with van der Waals surface area (Å²) in [5, 5.41) is 3.13. The molecule has 1 amide bonds. The fourth-order valence-corrected chi connectivity index (χ4v) is 1.99. The van der Waals surface area contributed by atoms with Crippen LogP contribution in [0.2, 0.25) is 0 Å². The molecule has 0 saturated carbocycles. The number of halogens is 1. The number of rotatable bonds is 3. The summed E-state index contributed by atoms with van der Waals surface area (Å²) >= 11 is 3.45. The molecule has 98 valence electrons. The molecular formula is C13H13BrN4O. The van der Waals surface area contributed by atoms with Gasteiger partial charge in [0.05, 0.1) is 17.4 Å². The first-order chi connectivity index (χ1) is 8.99. The van der Waals surface area contributed by atoms with Crippen molar-refractivity contribution in [1.82, 2.24) is 4.98 Å². The third-order valence-electron chi connectivity index (χ3n) is 2.73. The van der Waals surface area contributed by atoms with Crippen molar-refractivity contribution in [2.24, 2.45) is 5.73 Å². The largest absolute Gasteiger partial charge is 0.397 e. The summed E-state index contributed by atoms with van der Waals surface area (Å²) < 4.78 is 0.989. The number of nitrogens with two attached hydrogens (primary N) is 2. The van der Waals surface area contributed by atoms with Crippen molar-refractivity contribution in [2.45, 2.75) is 6.92 Å². The summed E-state index contributed by atoms with van der Waals surface area (Å²) in [5.41, 5.74) is 13.3. The zero-order valence-corrected chi connectivity index (χ0v) is 11.9. The Morgan fingerprint density at radius 3 is 2.84 bits per heavy atom. The van der Waals surface area contributed by atoms with Gasteiger partial charge in [-0.25, -0.2) is 4.98 Å². The van der Waals surface area contributed by atoms with E-state index >= 15 is 0 Å². The lowest BCUT2D eigenvalue weighted by Crippen LogP contribution is -2.14. The first kappa shape index (κ1) is 13.4. The number of pyridine rings is 1. The predicted molar refractivity (Wildman–Crippen MR) is 79.3 cm³/mol. The molecule has 2 rings (SSSR count). The van der Waals surface area contributed by atoms with Gasteiger partial charge in [-0.15, -0.1) is 0 Å². The number of hydrogen-bond acceptors (Lipinski definition) is 4. The van der Waals surface area contributed by atoms with Crippen molar-refractivity contribution < 1.29 is 4.79 Å². The van der Waals surface area contributed by atoms with Gasteiger partial charge in [0.15, 0.2) is 0 Å². The third-order valence-corrected chi connectivity index (χ3v) is 3.59. The van der Waals surface area contributed by atoms with E-state index in [2.05, 4.69) is 26.2 Å². The molecule has 0 bridgehead atoms. The van der Waals surface area contributed by atoms with E-state index < -0.39 is 5.91 Å². The Bertz CT molecular complexity index is 643. The van der Waals surface area contributed by atoms with Crippen LogP contribution in [0.4, 0.5) is 17.2 Å². The maximum Gasteiger partial charge on any atom is 0.250 e. The number of primary amides is 1. The second-order valence-electron chi connectivity index (χ2n) is 4.06. The van der Waals surface area contributed by atoms with Crippen LogP contribution >= 0.6 is 15.9 Å². The summed E-state index contributed by atoms with van der Waals surface area (Å²) in [7, 11) is 0. The Balaban J connectivity index is 2.36. The van der Waals surface area contributed by atoms with Crippen molar-refractivity contribution >= 4 is 39.0 Å². The van der Waals surface area contributed by atoms with E-state index in [0.29, 0.717) is 5.82 Å². The lowest BCUT2D eigenvalue weighted by Gasteiger charge is -2.11. The molecule has 5 nitrogen and oxygen atoms in total. The maximum absolute atomic E-state index is 11.2. The van der Waals surface area contributed by atoms with Gasteiger partial charge in [0, 0.05) is 10.2 Å². The maximum atomic E-state index is 11.2. The van der Waals surface area contributed by atoms with Crippen LogP contribution in [0, 0.1) is 6.92 Å². The van der Waals surface area contributed by atoms with Gasteiger partial charge in [-0.05, 0) is 30.7 Å². The van der Waals surface area contributed by atoms with Gasteiger partial charge in [-0.2, -0.15) is 0 Å². The normalized spacial score (nSPS) is 10.2. The second kappa shape index (κ2) is 5.27. The molecule has 6 heteroatoms. The highest BCUT2D eigenvalue weighted by molar-refractivity contribution is 9.10. The van der Waals surface area contributed by atoms with Crippen molar-refractivity contribution in [3.63, 3.8) is 0 Å². The third kappa shape index (κ3) is 2.85. The van der Waals surface area contributed by atoms with Gasteiger partial charge in [-0.1, -0.05) is 22.0 Å². The Hall–Kier alpha value is -2.08. The molecular weight excluding hydrogens is 308 g/mol. The van der Waals surface area contributed by atoms with E-state index in [0.717, 1.165) is 15.7 Å². The minimum atomic E-state index is -0.575. The summed E-state index contributed by atoms with van der Waals surface area (Å²) in [6.45, 7) is 1.97. The van der Waals surface area contributed by atoms with Gasteiger partial charge >= 0.3 is 0 Å². The highest BCUT2D eigenvalue weighted by Crippen LogP contribution is 2.26. The molecule has 0 radical (unpaired) electrons. The molecule has 19 heavy (non-hydrogen) atoms. The average Bonchev–Trinajstić information content (AvgIpc) is 2.37. The smallest absolute Gasteiger partial charge is 0.250 e. The lowest BCUT2D eigenvalue weighted by atomic mass is 10.2. The van der Waals surface area contributed by atoms with E-state index in [-0.39, 0.29) is 11.3 Å². The molecule has 1 heterocycles. The second-order valence-corrected chi connectivity index (χ2v) is 4.91. The summed E-state index contributed by atoms with van der Waals surface area (Å²) in [4.78, 5) is 15.4. The van der Waals surface area contributed by atoms with Crippen LogP contribution in [-0.2, 0) is 0 Å². The molecule has 1 aromatic carbocycles. The first-order valence-electron chi connectivity index (χ1n) is 5.56. The summed E-state index contributed by atoms with van der Waals surface area (Å²) in [6, 6.07) is 7.32. The highest BCUT2D eigenvalue weighted by atomic mass is 79.9. The zero-order valence-electron chi connectivity index (χ0n) is 10.3.